The first-order chi connectivity index (χ1) is 17.3. The van der Waals surface area contributed by atoms with Crippen LogP contribution in [-0.4, -0.2) is 9.97 Å². The first-order valence-corrected chi connectivity index (χ1v) is 15.2. The Balaban J connectivity index is 1.30. The van der Waals surface area contributed by atoms with Gasteiger partial charge in [-0.2, -0.15) is 0 Å². The van der Waals surface area contributed by atoms with E-state index in [1.165, 1.54) is 127 Å². The molecule has 0 atom stereocenters. The molecule has 1 aliphatic carbocycles. The van der Waals surface area contributed by atoms with Crippen molar-refractivity contribution >= 4 is 0 Å². The molecule has 0 aliphatic heterocycles. The van der Waals surface area contributed by atoms with E-state index in [0.29, 0.717) is 0 Å². The van der Waals surface area contributed by atoms with Crippen molar-refractivity contribution in [3.05, 3.63) is 47.8 Å². The fraction of sp³-hybridized carbons (Fsp3) is 0.697. The van der Waals surface area contributed by atoms with Gasteiger partial charge in [0, 0.05) is 18.0 Å². The number of rotatable bonds is 17. The van der Waals surface area contributed by atoms with Gasteiger partial charge in [-0.3, -0.25) is 0 Å². The highest BCUT2D eigenvalue weighted by Crippen LogP contribution is 2.34. The molecule has 1 aliphatic rings. The Morgan fingerprint density at radius 1 is 0.571 bits per heavy atom. The molecule has 0 unspecified atom stereocenters. The summed E-state index contributed by atoms with van der Waals surface area (Å²) in [6, 6.07) is 8.88. The lowest BCUT2D eigenvalue weighted by molar-refractivity contribution is 0.248. The lowest BCUT2D eigenvalue weighted by Gasteiger charge is -2.28. The van der Waals surface area contributed by atoms with Crippen LogP contribution in [0.2, 0.25) is 0 Å². The Labute approximate surface area is 216 Å². The molecule has 0 spiro atoms. The van der Waals surface area contributed by atoms with Gasteiger partial charge in [0.15, 0.2) is 5.82 Å². The molecule has 0 N–H and O–H groups in total. The highest BCUT2D eigenvalue weighted by molar-refractivity contribution is 5.55. The summed E-state index contributed by atoms with van der Waals surface area (Å²) >= 11 is 0. The Morgan fingerprint density at radius 2 is 1.11 bits per heavy atom. The van der Waals surface area contributed by atoms with Gasteiger partial charge >= 0.3 is 0 Å². The Bertz CT molecular complexity index is 772. The first-order valence-electron chi connectivity index (χ1n) is 15.2. The van der Waals surface area contributed by atoms with Crippen molar-refractivity contribution in [1.82, 2.24) is 9.97 Å². The second-order valence-corrected chi connectivity index (χ2v) is 11.3. The largest absolute Gasteiger partial charge is 0.236 e. The number of benzene rings is 1. The molecule has 1 heterocycles. The summed E-state index contributed by atoms with van der Waals surface area (Å²) in [7, 11) is 0. The zero-order valence-corrected chi connectivity index (χ0v) is 22.9. The van der Waals surface area contributed by atoms with E-state index < -0.39 is 0 Å². The third kappa shape index (κ3) is 10.8. The zero-order chi connectivity index (χ0) is 24.6. The molecule has 1 aromatic carbocycles. The van der Waals surface area contributed by atoms with E-state index in [2.05, 4.69) is 50.5 Å². The van der Waals surface area contributed by atoms with Gasteiger partial charge in [-0.05, 0) is 48.6 Å². The molecule has 0 radical (unpaired) electrons. The van der Waals surface area contributed by atoms with Crippen molar-refractivity contribution in [2.75, 3.05) is 0 Å². The highest BCUT2D eigenvalue weighted by atomic mass is 14.9. The second-order valence-electron chi connectivity index (χ2n) is 11.3. The molecule has 2 nitrogen and oxygen atoms in total. The molecular formula is C33H52N2. The quantitative estimate of drug-likeness (QED) is 0.212. The number of unbranched alkanes of at least 4 members (excludes halogenated alkanes) is 9. The Kier molecular flexibility index (Phi) is 13.4. The molecule has 0 saturated heterocycles. The molecule has 2 aromatic rings. The minimum Gasteiger partial charge on any atom is -0.236 e. The summed E-state index contributed by atoms with van der Waals surface area (Å²) < 4.78 is 0. The van der Waals surface area contributed by atoms with Crippen LogP contribution in [0.4, 0.5) is 0 Å². The fourth-order valence-corrected chi connectivity index (χ4v) is 5.78. The topological polar surface area (TPSA) is 25.8 Å². The number of aromatic nitrogens is 2. The number of hydrogen-bond acceptors (Lipinski definition) is 2. The summed E-state index contributed by atoms with van der Waals surface area (Å²) in [4.78, 5) is 9.39. The third-order valence-electron chi connectivity index (χ3n) is 8.26. The van der Waals surface area contributed by atoms with Gasteiger partial charge in [-0.25, -0.2) is 9.97 Å². The third-order valence-corrected chi connectivity index (χ3v) is 8.26. The van der Waals surface area contributed by atoms with Gasteiger partial charge in [0.05, 0.1) is 0 Å². The average Bonchev–Trinajstić information content (AvgIpc) is 2.91. The van der Waals surface area contributed by atoms with Gasteiger partial charge in [-0.15, -0.1) is 0 Å². The molecule has 2 heteroatoms. The maximum Gasteiger partial charge on any atom is 0.159 e. The van der Waals surface area contributed by atoms with Gasteiger partial charge < -0.3 is 0 Å². The van der Waals surface area contributed by atoms with E-state index in [9.17, 15) is 0 Å². The lowest BCUT2D eigenvalue weighted by atomic mass is 9.78. The van der Waals surface area contributed by atoms with E-state index in [-0.39, 0.29) is 0 Å². The minimum atomic E-state index is 0.858. The van der Waals surface area contributed by atoms with E-state index >= 15 is 0 Å². The van der Waals surface area contributed by atoms with Crippen LogP contribution < -0.4 is 0 Å². The van der Waals surface area contributed by atoms with Crippen molar-refractivity contribution in [1.29, 1.82) is 0 Å². The minimum absolute atomic E-state index is 0.858. The van der Waals surface area contributed by atoms with Crippen LogP contribution in [0.1, 0.15) is 134 Å². The standard InChI is InChI=1S/C33H52N2/c1-3-5-7-9-10-11-13-15-28-16-18-30(19-17-28)20-21-31-26-34-33(35-27-31)32-24-22-29(23-25-32)14-12-8-6-4-2/h22-28,30H,3-21H2,1-2H3. The number of hydrogen-bond donors (Lipinski definition) is 0. The summed E-state index contributed by atoms with van der Waals surface area (Å²) in [6.07, 6.45) is 30.4. The van der Waals surface area contributed by atoms with Crippen LogP contribution in [0.3, 0.4) is 0 Å². The predicted octanol–water partition coefficient (Wildman–Crippen LogP) is 10.1. The molecule has 1 saturated carbocycles. The predicted molar refractivity (Wildman–Crippen MR) is 152 cm³/mol. The molecule has 3 rings (SSSR count). The number of nitrogens with zero attached hydrogens (tertiary/aromatic N) is 2. The van der Waals surface area contributed by atoms with Gasteiger partial charge in [0.2, 0.25) is 0 Å². The zero-order valence-electron chi connectivity index (χ0n) is 22.9. The van der Waals surface area contributed by atoms with Gasteiger partial charge in [0.25, 0.3) is 0 Å². The molecule has 0 bridgehead atoms. The van der Waals surface area contributed by atoms with Crippen LogP contribution in [0, 0.1) is 11.8 Å². The maximum absolute atomic E-state index is 4.69. The summed E-state index contributed by atoms with van der Waals surface area (Å²) in [5.41, 5.74) is 3.86. The molecule has 1 fully saturated rings. The van der Waals surface area contributed by atoms with E-state index in [1.807, 2.05) is 0 Å². The van der Waals surface area contributed by atoms with Crippen molar-refractivity contribution in [2.24, 2.45) is 11.8 Å². The second kappa shape index (κ2) is 16.9. The monoisotopic (exact) mass is 476 g/mol. The first kappa shape index (κ1) is 27.9. The van der Waals surface area contributed by atoms with Crippen molar-refractivity contribution in [3.63, 3.8) is 0 Å². The smallest absolute Gasteiger partial charge is 0.159 e. The summed E-state index contributed by atoms with van der Waals surface area (Å²) in [5.74, 6) is 2.77. The SMILES string of the molecule is CCCCCCCCCC1CCC(CCc2cnc(-c3ccc(CCCCCC)cc3)nc2)CC1. The molecule has 35 heavy (non-hydrogen) atoms. The van der Waals surface area contributed by atoms with Crippen LogP contribution in [0.15, 0.2) is 36.7 Å². The Morgan fingerprint density at radius 3 is 1.74 bits per heavy atom. The van der Waals surface area contributed by atoms with E-state index in [0.717, 1.165) is 29.6 Å². The number of aryl methyl sites for hydroxylation is 2. The molecule has 194 valence electrons. The van der Waals surface area contributed by atoms with Crippen LogP contribution in [-0.2, 0) is 12.8 Å². The molecule has 1 aromatic heterocycles. The fourth-order valence-electron chi connectivity index (χ4n) is 5.78. The van der Waals surface area contributed by atoms with Gasteiger partial charge in [0.1, 0.15) is 0 Å². The van der Waals surface area contributed by atoms with E-state index in [4.69, 9.17) is 9.97 Å². The Hall–Kier alpha value is -1.70. The average molecular weight is 477 g/mol. The molecule has 0 amide bonds. The van der Waals surface area contributed by atoms with Crippen LogP contribution in [0.25, 0.3) is 11.4 Å². The van der Waals surface area contributed by atoms with Gasteiger partial charge in [-0.1, -0.05) is 134 Å². The normalized spacial score (nSPS) is 18.1. The maximum atomic E-state index is 4.69. The van der Waals surface area contributed by atoms with E-state index in [1.54, 1.807) is 0 Å². The summed E-state index contributed by atoms with van der Waals surface area (Å²) in [6.45, 7) is 4.57. The van der Waals surface area contributed by atoms with Crippen LogP contribution >= 0.6 is 0 Å². The highest BCUT2D eigenvalue weighted by Gasteiger charge is 2.20. The summed E-state index contributed by atoms with van der Waals surface area (Å²) in [5, 5.41) is 0. The lowest BCUT2D eigenvalue weighted by Crippen LogP contribution is -2.15. The molecular weight excluding hydrogens is 424 g/mol. The van der Waals surface area contributed by atoms with Crippen molar-refractivity contribution < 1.29 is 0 Å². The van der Waals surface area contributed by atoms with Crippen molar-refractivity contribution in [2.45, 2.75) is 136 Å². The van der Waals surface area contributed by atoms with Crippen LogP contribution in [0.5, 0.6) is 0 Å². The van der Waals surface area contributed by atoms with Crippen molar-refractivity contribution in [3.8, 4) is 11.4 Å².